The van der Waals surface area contributed by atoms with Crippen LogP contribution in [0.4, 0.5) is 17.6 Å². The second kappa shape index (κ2) is 3.21. The molecule has 1 atom stereocenters. The summed E-state index contributed by atoms with van der Waals surface area (Å²) in [6.07, 6.45) is -1.34. The number of benzene rings is 1. The first-order valence-electron chi connectivity index (χ1n) is 4.80. The Kier molecular flexibility index (Phi) is 2.24. The molecule has 1 saturated carbocycles. The van der Waals surface area contributed by atoms with E-state index >= 15 is 0 Å². The Morgan fingerprint density at radius 1 is 1.24 bits per heavy atom. The fraction of sp³-hybridized carbons (Fsp3) is 0.364. The standard InChI is InChI=1S/C11H8F4O2/c12-10(13)6-9(10,8(16)17)11(14,15)7-4-2-1-3-5-7/h1-5H,6H2,(H,16,17). The first-order valence-corrected chi connectivity index (χ1v) is 4.80. The molecule has 1 aliphatic carbocycles. The predicted molar refractivity (Wildman–Crippen MR) is 50.0 cm³/mol. The van der Waals surface area contributed by atoms with Crippen LogP contribution in [0.15, 0.2) is 30.3 Å². The molecular formula is C11H8F4O2. The van der Waals surface area contributed by atoms with Crippen molar-refractivity contribution in [2.75, 3.05) is 0 Å². The summed E-state index contributed by atoms with van der Waals surface area (Å²) in [7, 11) is 0. The molecule has 1 aliphatic rings. The van der Waals surface area contributed by atoms with E-state index in [2.05, 4.69) is 0 Å². The molecule has 0 saturated heterocycles. The molecule has 1 N–H and O–H groups in total. The first-order chi connectivity index (χ1) is 7.76. The summed E-state index contributed by atoms with van der Waals surface area (Å²) in [6.45, 7) is 0. The molecule has 2 rings (SSSR count). The molecule has 1 unspecified atom stereocenters. The van der Waals surface area contributed by atoms with E-state index in [9.17, 15) is 22.4 Å². The summed E-state index contributed by atoms with van der Waals surface area (Å²) in [5.74, 6) is -10.1. The van der Waals surface area contributed by atoms with Crippen molar-refractivity contribution in [3.8, 4) is 0 Å². The summed E-state index contributed by atoms with van der Waals surface area (Å²) in [4.78, 5) is 10.8. The van der Waals surface area contributed by atoms with Crippen molar-refractivity contribution in [2.24, 2.45) is 5.41 Å². The van der Waals surface area contributed by atoms with Crippen LogP contribution in [0.1, 0.15) is 12.0 Å². The molecule has 2 nitrogen and oxygen atoms in total. The molecule has 92 valence electrons. The molecule has 17 heavy (non-hydrogen) atoms. The van der Waals surface area contributed by atoms with Crippen LogP contribution in [0.5, 0.6) is 0 Å². The second-order valence-electron chi connectivity index (χ2n) is 4.03. The van der Waals surface area contributed by atoms with Gasteiger partial charge in [0, 0.05) is 12.0 Å². The number of hydrogen-bond acceptors (Lipinski definition) is 1. The van der Waals surface area contributed by atoms with Crippen LogP contribution < -0.4 is 0 Å². The lowest BCUT2D eigenvalue weighted by Gasteiger charge is -2.23. The lowest BCUT2D eigenvalue weighted by molar-refractivity contribution is -0.177. The van der Waals surface area contributed by atoms with Gasteiger partial charge in [0.05, 0.1) is 0 Å². The zero-order valence-electron chi connectivity index (χ0n) is 8.46. The Labute approximate surface area is 93.9 Å². The third kappa shape index (κ3) is 1.36. The Morgan fingerprint density at radius 3 is 2.06 bits per heavy atom. The fourth-order valence-corrected chi connectivity index (χ4v) is 1.89. The van der Waals surface area contributed by atoms with Crippen LogP contribution in [-0.2, 0) is 10.7 Å². The highest BCUT2D eigenvalue weighted by Crippen LogP contribution is 2.70. The minimum atomic E-state index is -4.09. The number of rotatable bonds is 3. The summed E-state index contributed by atoms with van der Waals surface area (Å²) in [6, 6.07) is 5.83. The van der Waals surface area contributed by atoms with E-state index in [4.69, 9.17) is 5.11 Å². The van der Waals surface area contributed by atoms with Gasteiger partial charge in [-0.2, -0.15) is 8.78 Å². The zero-order chi connectivity index (χ0) is 12.9. The van der Waals surface area contributed by atoms with Crippen molar-refractivity contribution in [3.63, 3.8) is 0 Å². The van der Waals surface area contributed by atoms with Crippen LogP contribution in [0.2, 0.25) is 0 Å². The molecule has 0 aliphatic heterocycles. The van der Waals surface area contributed by atoms with Crippen molar-refractivity contribution in [3.05, 3.63) is 35.9 Å². The maximum Gasteiger partial charge on any atom is 0.322 e. The predicted octanol–water partition coefficient (Wildman–Crippen LogP) is 2.89. The minimum absolute atomic E-state index is 0.709. The highest BCUT2D eigenvalue weighted by molar-refractivity contribution is 5.82. The number of hydrogen-bond donors (Lipinski definition) is 1. The minimum Gasteiger partial charge on any atom is -0.480 e. The molecule has 0 bridgehead atoms. The van der Waals surface area contributed by atoms with Gasteiger partial charge in [-0.15, -0.1) is 0 Å². The number of alkyl halides is 4. The average Bonchev–Trinajstić information content (AvgIpc) is 2.85. The topological polar surface area (TPSA) is 37.3 Å². The SMILES string of the molecule is O=C(O)C1(C(F)(F)c2ccccc2)CC1(F)F. The van der Waals surface area contributed by atoms with Gasteiger partial charge in [0.25, 0.3) is 11.8 Å². The molecule has 0 aromatic heterocycles. The molecule has 6 heteroatoms. The van der Waals surface area contributed by atoms with Gasteiger partial charge in [-0.1, -0.05) is 30.3 Å². The van der Waals surface area contributed by atoms with Crippen molar-refractivity contribution >= 4 is 5.97 Å². The van der Waals surface area contributed by atoms with Crippen LogP contribution >= 0.6 is 0 Å². The van der Waals surface area contributed by atoms with E-state index < -0.39 is 35.2 Å². The van der Waals surface area contributed by atoms with Gasteiger partial charge in [0.15, 0.2) is 0 Å². The number of carbonyl (C=O) groups is 1. The Balaban J connectivity index is 2.50. The third-order valence-corrected chi connectivity index (χ3v) is 3.02. The van der Waals surface area contributed by atoms with Gasteiger partial charge in [-0.25, -0.2) is 8.78 Å². The van der Waals surface area contributed by atoms with Crippen LogP contribution in [0.25, 0.3) is 0 Å². The highest BCUT2D eigenvalue weighted by Gasteiger charge is 2.87. The van der Waals surface area contributed by atoms with Gasteiger partial charge >= 0.3 is 5.97 Å². The van der Waals surface area contributed by atoms with Gasteiger partial charge < -0.3 is 5.11 Å². The molecule has 0 amide bonds. The Hall–Kier alpha value is -1.59. The number of aliphatic carboxylic acids is 1. The number of carboxylic acids is 1. The summed E-state index contributed by atoms with van der Waals surface area (Å²) >= 11 is 0. The number of halogens is 4. The fourth-order valence-electron chi connectivity index (χ4n) is 1.89. The normalized spacial score (nSPS) is 26.6. The van der Waals surface area contributed by atoms with Gasteiger partial charge in [-0.3, -0.25) is 4.79 Å². The average molecular weight is 248 g/mol. The van der Waals surface area contributed by atoms with E-state index in [-0.39, 0.29) is 0 Å². The van der Waals surface area contributed by atoms with E-state index in [1.54, 1.807) is 0 Å². The van der Waals surface area contributed by atoms with E-state index in [0.29, 0.717) is 0 Å². The van der Waals surface area contributed by atoms with Crippen LogP contribution in [-0.4, -0.2) is 17.0 Å². The smallest absolute Gasteiger partial charge is 0.322 e. The largest absolute Gasteiger partial charge is 0.480 e. The summed E-state index contributed by atoms with van der Waals surface area (Å²) < 4.78 is 53.8. The molecule has 0 radical (unpaired) electrons. The first kappa shape index (κ1) is 11.9. The van der Waals surface area contributed by atoms with Crippen LogP contribution in [0.3, 0.4) is 0 Å². The monoisotopic (exact) mass is 248 g/mol. The quantitative estimate of drug-likeness (QED) is 0.835. The lowest BCUT2D eigenvalue weighted by atomic mass is 9.91. The Bertz CT molecular complexity index is 458. The van der Waals surface area contributed by atoms with Crippen molar-refractivity contribution in [2.45, 2.75) is 18.3 Å². The second-order valence-corrected chi connectivity index (χ2v) is 4.03. The van der Waals surface area contributed by atoms with Crippen molar-refractivity contribution < 1.29 is 27.5 Å². The van der Waals surface area contributed by atoms with Gasteiger partial charge in [0.2, 0.25) is 5.41 Å². The van der Waals surface area contributed by atoms with E-state index in [1.807, 2.05) is 0 Å². The van der Waals surface area contributed by atoms with Crippen molar-refractivity contribution in [1.82, 2.24) is 0 Å². The van der Waals surface area contributed by atoms with Crippen molar-refractivity contribution in [1.29, 1.82) is 0 Å². The molecule has 1 aromatic carbocycles. The summed E-state index contributed by atoms with van der Waals surface area (Å²) in [5.41, 5.74) is -4.01. The number of carboxylic acid groups (broad SMARTS) is 1. The van der Waals surface area contributed by atoms with E-state index in [1.165, 1.54) is 18.2 Å². The maximum atomic E-state index is 13.9. The third-order valence-electron chi connectivity index (χ3n) is 3.02. The highest BCUT2D eigenvalue weighted by atomic mass is 19.3. The Morgan fingerprint density at radius 2 is 1.71 bits per heavy atom. The lowest BCUT2D eigenvalue weighted by Crippen LogP contribution is -2.39. The molecule has 0 heterocycles. The molecule has 0 spiro atoms. The van der Waals surface area contributed by atoms with Gasteiger partial charge in [0.1, 0.15) is 0 Å². The zero-order valence-corrected chi connectivity index (χ0v) is 8.46. The summed E-state index contributed by atoms with van der Waals surface area (Å²) in [5, 5.41) is 8.68. The maximum absolute atomic E-state index is 13.9. The van der Waals surface area contributed by atoms with Gasteiger partial charge in [-0.05, 0) is 0 Å². The van der Waals surface area contributed by atoms with Crippen LogP contribution in [0, 0.1) is 5.41 Å². The molecule has 1 fully saturated rings. The van der Waals surface area contributed by atoms with E-state index in [0.717, 1.165) is 12.1 Å². The molecule has 1 aromatic rings. The molecular weight excluding hydrogens is 240 g/mol.